The van der Waals surface area contributed by atoms with Gasteiger partial charge in [0.25, 0.3) is 0 Å². The summed E-state index contributed by atoms with van der Waals surface area (Å²) in [5.41, 5.74) is 0. The van der Waals surface area contributed by atoms with E-state index >= 15 is 0 Å². The van der Waals surface area contributed by atoms with Crippen LogP contribution in [0.4, 0.5) is 4.39 Å². The van der Waals surface area contributed by atoms with Gasteiger partial charge in [0.2, 0.25) is 0 Å². The van der Waals surface area contributed by atoms with Gasteiger partial charge in [-0.3, -0.25) is 9.71 Å². The quantitative estimate of drug-likeness (QED) is 0.649. The Kier molecular flexibility index (Phi) is 3.86. The number of nitrogens with one attached hydrogen (secondary N) is 1. The van der Waals surface area contributed by atoms with Crippen molar-refractivity contribution in [1.29, 1.82) is 0 Å². The number of thioether (sulfide) groups is 1. The maximum Gasteiger partial charge on any atom is 0.147 e. The molecule has 1 fully saturated rings. The zero-order valence-corrected chi connectivity index (χ0v) is 7.07. The van der Waals surface area contributed by atoms with Gasteiger partial charge in [0.05, 0.1) is 6.67 Å². The predicted molar refractivity (Wildman–Crippen MR) is 44.4 cm³/mol. The van der Waals surface area contributed by atoms with Crippen LogP contribution >= 0.6 is 11.8 Å². The maximum absolute atomic E-state index is 11.7. The first-order chi connectivity index (χ1) is 5.36. The van der Waals surface area contributed by atoms with Crippen molar-refractivity contribution in [2.45, 2.75) is 24.3 Å². The topological polar surface area (TPSA) is 29.1 Å². The van der Waals surface area contributed by atoms with Crippen LogP contribution in [0, 0.1) is 0 Å². The molecule has 1 N–H and O–H groups in total. The Bertz CT molecular complexity index is 134. The van der Waals surface area contributed by atoms with Crippen LogP contribution in [0.25, 0.3) is 0 Å². The van der Waals surface area contributed by atoms with Gasteiger partial charge in [-0.25, -0.2) is 0 Å². The van der Waals surface area contributed by atoms with Crippen LogP contribution in [0.2, 0.25) is 0 Å². The Morgan fingerprint density at radius 3 is 3.09 bits per heavy atom. The molecule has 0 aliphatic carbocycles. The summed E-state index contributed by atoms with van der Waals surface area (Å²) in [6.45, 7) is -0.255. The minimum absolute atomic E-state index is 0.0559. The van der Waals surface area contributed by atoms with Crippen LogP contribution in [-0.2, 0) is 4.79 Å². The molecular formula is C7H12FNOS. The molecule has 0 aromatic heterocycles. The molecule has 0 radical (unpaired) electrons. The summed E-state index contributed by atoms with van der Waals surface area (Å²) in [6.07, 6.45) is 2.34. The molecule has 0 saturated carbocycles. The number of carbonyl (C=O) groups excluding carboxylic acids is 1. The third-order valence-corrected chi connectivity index (χ3v) is 2.89. The van der Waals surface area contributed by atoms with E-state index in [2.05, 4.69) is 5.32 Å². The predicted octanol–water partition coefficient (Wildman–Crippen LogP) is 0.966. The molecule has 0 aromatic rings. The Morgan fingerprint density at radius 1 is 1.73 bits per heavy atom. The highest BCUT2D eigenvalue weighted by atomic mass is 32.2. The van der Waals surface area contributed by atoms with Gasteiger partial charge in [-0.2, -0.15) is 0 Å². The van der Waals surface area contributed by atoms with Crippen molar-refractivity contribution in [3.05, 3.63) is 0 Å². The van der Waals surface area contributed by atoms with Crippen LogP contribution in [0.3, 0.4) is 0 Å². The molecule has 64 valence electrons. The summed E-state index contributed by atoms with van der Waals surface area (Å²) in [7, 11) is 0. The fourth-order valence-corrected chi connectivity index (χ4v) is 2.19. The summed E-state index contributed by atoms with van der Waals surface area (Å²) in [5.74, 6) is 0.934. The van der Waals surface area contributed by atoms with E-state index in [1.807, 2.05) is 0 Å². The molecule has 1 aliphatic heterocycles. The van der Waals surface area contributed by atoms with Crippen molar-refractivity contribution in [1.82, 2.24) is 5.32 Å². The highest BCUT2D eigenvalue weighted by Gasteiger charge is 2.22. The van der Waals surface area contributed by atoms with Gasteiger partial charge in [-0.1, -0.05) is 0 Å². The highest BCUT2D eigenvalue weighted by molar-refractivity contribution is 8.00. The number of rotatable bonds is 4. The van der Waals surface area contributed by atoms with Crippen molar-refractivity contribution in [3.8, 4) is 0 Å². The lowest BCUT2D eigenvalue weighted by Gasteiger charge is -2.07. The number of aldehydes is 1. The second-order valence-corrected chi connectivity index (χ2v) is 3.76. The standard InChI is InChI=1S/C7H12FNOS/c8-3-1-2-6-5-11-7(4-10)9-6/h4,6-7,9H,1-3,5H2. The van der Waals surface area contributed by atoms with E-state index < -0.39 is 0 Å². The van der Waals surface area contributed by atoms with E-state index in [-0.39, 0.29) is 12.0 Å². The molecule has 4 heteroatoms. The SMILES string of the molecule is O=CC1NC(CCCF)CS1. The fourth-order valence-electron chi connectivity index (χ4n) is 1.12. The molecule has 2 atom stereocenters. The van der Waals surface area contributed by atoms with Gasteiger partial charge in [0.1, 0.15) is 11.7 Å². The second kappa shape index (κ2) is 4.72. The summed E-state index contributed by atoms with van der Waals surface area (Å²) < 4.78 is 11.7. The minimum Gasteiger partial charge on any atom is -0.301 e. The van der Waals surface area contributed by atoms with Gasteiger partial charge in [0.15, 0.2) is 0 Å². The number of alkyl halides is 1. The maximum atomic E-state index is 11.7. The zero-order valence-electron chi connectivity index (χ0n) is 6.25. The zero-order chi connectivity index (χ0) is 8.10. The third-order valence-electron chi connectivity index (χ3n) is 1.69. The monoisotopic (exact) mass is 177 g/mol. The molecule has 1 rings (SSSR count). The van der Waals surface area contributed by atoms with Crippen molar-refractivity contribution in [3.63, 3.8) is 0 Å². The minimum atomic E-state index is -0.255. The van der Waals surface area contributed by atoms with E-state index in [1.54, 1.807) is 11.8 Å². The smallest absolute Gasteiger partial charge is 0.147 e. The largest absolute Gasteiger partial charge is 0.301 e. The summed E-state index contributed by atoms with van der Waals surface area (Å²) >= 11 is 1.60. The Hall–Kier alpha value is -0.0900. The first kappa shape index (κ1) is 9.00. The summed E-state index contributed by atoms with van der Waals surface area (Å²) in [6, 6.07) is 0.339. The van der Waals surface area contributed by atoms with Crippen LogP contribution in [0.15, 0.2) is 0 Å². The molecule has 2 nitrogen and oxygen atoms in total. The average molecular weight is 177 g/mol. The van der Waals surface area contributed by atoms with E-state index in [1.165, 1.54) is 0 Å². The second-order valence-electron chi connectivity index (χ2n) is 2.58. The molecule has 1 heterocycles. The Labute approximate surface area is 69.9 Å². The summed E-state index contributed by atoms with van der Waals surface area (Å²) in [5, 5.41) is 3.05. The van der Waals surface area contributed by atoms with Gasteiger partial charge in [0, 0.05) is 11.8 Å². The fraction of sp³-hybridized carbons (Fsp3) is 0.857. The first-order valence-corrected chi connectivity index (χ1v) is 4.80. The van der Waals surface area contributed by atoms with Crippen molar-refractivity contribution in [2.24, 2.45) is 0 Å². The number of hydrogen-bond acceptors (Lipinski definition) is 3. The normalized spacial score (nSPS) is 30.6. The Balaban J connectivity index is 2.14. The van der Waals surface area contributed by atoms with E-state index in [9.17, 15) is 9.18 Å². The van der Waals surface area contributed by atoms with Gasteiger partial charge in [-0.05, 0) is 12.8 Å². The highest BCUT2D eigenvalue weighted by Crippen LogP contribution is 2.19. The molecular weight excluding hydrogens is 165 g/mol. The first-order valence-electron chi connectivity index (χ1n) is 3.75. The van der Waals surface area contributed by atoms with Gasteiger partial charge in [-0.15, -0.1) is 11.8 Å². The van der Waals surface area contributed by atoms with Crippen LogP contribution in [0.5, 0.6) is 0 Å². The van der Waals surface area contributed by atoms with Gasteiger partial charge < -0.3 is 4.79 Å². The molecule has 0 spiro atoms. The Morgan fingerprint density at radius 2 is 2.55 bits per heavy atom. The van der Waals surface area contributed by atoms with Crippen LogP contribution in [0.1, 0.15) is 12.8 Å². The lowest BCUT2D eigenvalue weighted by Crippen LogP contribution is -2.30. The summed E-state index contributed by atoms with van der Waals surface area (Å²) in [4.78, 5) is 10.3. The van der Waals surface area contributed by atoms with Crippen LogP contribution in [-0.4, -0.2) is 30.1 Å². The van der Waals surface area contributed by atoms with Crippen molar-refractivity contribution < 1.29 is 9.18 Å². The average Bonchev–Trinajstić information content (AvgIpc) is 2.48. The van der Waals surface area contributed by atoms with Gasteiger partial charge >= 0.3 is 0 Å². The third kappa shape index (κ3) is 2.79. The lowest BCUT2D eigenvalue weighted by molar-refractivity contribution is -0.107. The lowest BCUT2D eigenvalue weighted by atomic mass is 10.2. The van der Waals surface area contributed by atoms with Crippen molar-refractivity contribution >= 4 is 18.0 Å². The van der Waals surface area contributed by atoms with Crippen molar-refractivity contribution in [2.75, 3.05) is 12.4 Å². The molecule has 1 aliphatic rings. The molecule has 0 bridgehead atoms. The van der Waals surface area contributed by atoms with E-state index in [0.29, 0.717) is 12.5 Å². The number of halogens is 1. The molecule has 2 unspecified atom stereocenters. The molecule has 0 aromatic carbocycles. The number of hydrogen-bond donors (Lipinski definition) is 1. The molecule has 11 heavy (non-hydrogen) atoms. The van der Waals surface area contributed by atoms with E-state index in [0.717, 1.165) is 18.5 Å². The number of carbonyl (C=O) groups is 1. The molecule has 0 amide bonds. The molecule has 1 saturated heterocycles. The van der Waals surface area contributed by atoms with E-state index in [4.69, 9.17) is 0 Å². The van der Waals surface area contributed by atoms with Crippen LogP contribution < -0.4 is 5.32 Å².